The van der Waals surface area contributed by atoms with Gasteiger partial charge in [0.2, 0.25) is 0 Å². The summed E-state index contributed by atoms with van der Waals surface area (Å²) < 4.78 is 5.16. The molecule has 0 spiro atoms. The van der Waals surface area contributed by atoms with Crippen molar-refractivity contribution in [3.63, 3.8) is 0 Å². The molecule has 0 aliphatic rings. The van der Waals surface area contributed by atoms with Crippen LogP contribution < -0.4 is 9.64 Å². The first kappa shape index (κ1) is 13.3. The number of anilines is 1. The molecule has 3 heteroatoms. The van der Waals surface area contributed by atoms with Crippen molar-refractivity contribution in [1.82, 2.24) is 0 Å². The zero-order chi connectivity index (χ0) is 13.8. The largest absolute Gasteiger partial charge is 0.508 e. The lowest BCUT2D eigenvalue weighted by atomic mass is 10.1. The van der Waals surface area contributed by atoms with E-state index in [0.717, 1.165) is 17.0 Å². The Morgan fingerprint density at radius 3 is 2.11 bits per heavy atom. The van der Waals surface area contributed by atoms with Gasteiger partial charge in [0.05, 0.1) is 13.2 Å². The molecule has 0 fully saturated rings. The van der Waals surface area contributed by atoms with Crippen LogP contribution in [0.15, 0.2) is 48.5 Å². The Bertz CT molecular complexity index is 519. The summed E-state index contributed by atoms with van der Waals surface area (Å²) in [5.41, 5.74) is 2.29. The molecule has 0 aromatic heterocycles. The third-order valence-corrected chi connectivity index (χ3v) is 3.44. The molecule has 1 N–H and O–H groups in total. The molecular formula is C16H19NO2. The summed E-state index contributed by atoms with van der Waals surface area (Å²) in [6.07, 6.45) is 0. The summed E-state index contributed by atoms with van der Waals surface area (Å²) in [5, 5.41) is 9.32. The molecule has 0 aliphatic carbocycles. The Labute approximate surface area is 114 Å². The highest BCUT2D eigenvalue weighted by atomic mass is 16.5. The first-order valence-electron chi connectivity index (χ1n) is 6.27. The molecule has 2 aromatic carbocycles. The van der Waals surface area contributed by atoms with Crippen molar-refractivity contribution in [3.8, 4) is 11.5 Å². The summed E-state index contributed by atoms with van der Waals surface area (Å²) in [7, 11) is 3.72. The van der Waals surface area contributed by atoms with Gasteiger partial charge in [-0.15, -0.1) is 0 Å². The van der Waals surface area contributed by atoms with Crippen molar-refractivity contribution in [2.75, 3.05) is 19.1 Å². The second-order valence-corrected chi connectivity index (χ2v) is 4.58. The van der Waals surface area contributed by atoms with Crippen LogP contribution in [0.2, 0.25) is 0 Å². The van der Waals surface area contributed by atoms with Crippen LogP contribution >= 0.6 is 0 Å². The predicted octanol–water partition coefficient (Wildman–Crippen LogP) is 3.60. The minimum Gasteiger partial charge on any atom is -0.508 e. The molecule has 0 saturated heterocycles. The minimum atomic E-state index is 0.231. The van der Waals surface area contributed by atoms with Crippen LogP contribution in [0.25, 0.3) is 0 Å². The molecule has 2 rings (SSSR count). The molecule has 1 atom stereocenters. The van der Waals surface area contributed by atoms with Crippen molar-refractivity contribution in [2.24, 2.45) is 0 Å². The molecular weight excluding hydrogens is 238 g/mol. The molecule has 2 aromatic rings. The van der Waals surface area contributed by atoms with E-state index in [9.17, 15) is 5.11 Å². The molecule has 0 bridgehead atoms. The van der Waals surface area contributed by atoms with Crippen LogP contribution in [0.5, 0.6) is 11.5 Å². The highest BCUT2D eigenvalue weighted by Crippen LogP contribution is 2.27. The standard InChI is InChI=1S/C16H19NO2/c1-12(13-4-8-15(18)9-5-13)17(2)14-6-10-16(19-3)11-7-14/h4-12,18H,1-3H3. The third-order valence-electron chi connectivity index (χ3n) is 3.44. The van der Waals surface area contributed by atoms with Gasteiger partial charge in [0.15, 0.2) is 0 Å². The van der Waals surface area contributed by atoms with Gasteiger partial charge in [-0.3, -0.25) is 0 Å². The smallest absolute Gasteiger partial charge is 0.119 e. The van der Waals surface area contributed by atoms with Gasteiger partial charge < -0.3 is 14.7 Å². The van der Waals surface area contributed by atoms with Crippen LogP contribution in [-0.2, 0) is 0 Å². The van der Waals surface area contributed by atoms with E-state index < -0.39 is 0 Å². The molecule has 0 radical (unpaired) electrons. The quantitative estimate of drug-likeness (QED) is 0.908. The van der Waals surface area contributed by atoms with Crippen LogP contribution in [0.4, 0.5) is 5.69 Å². The summed E-state index contributed by atoms with van der Waals surface area (Å²) in [5.74, 6) is 1.15. The van der Waals surface area contributed by atoms with Gasteiger partial charge in [0.25, 0.3) is 0 Å². The van der Waals surface area contributed by atoms with Gasteiger partial charge in [-0.2, -0.15) is 0 Å². The van der Waals surface area contributed by atoms with Gasteiger partial charge in [0.1, 0.15) is 11.5 Å². The summed E-state index contributed by atoms with van der Waals surface area (Å²) in [4.78, 5) is 2.19. The van der Waals surface area contributed by atoms with E-state index in [4.69, 9.17) is 4.74 Å². The number of phenolic OH excluding ortho intramolecular Hbond substituents is 1. The predicted molar refractivity (Wildman–Crippen MR) is 77.9 cm³/mol. The maximum atomic E-state index is 9.32. The van der Waals surface area contributed by atoms with Crippen molar-refractivity contribution in [3.05, 3.63) is 54.1 Å². The van der Waals surface area contributed by atoms with Crippen molar-refractivity contribution >= 4 is 5.69 Å². The van der Waals surface area contributed by atoms with E-state index in [2.05, 4.69) is 18.9 Å². The lowest BCUT2D eigenvalue weighted by Gasteiger charge is -2.27. The molecule has 3 nitrogen and oxygen atoms in total. The second-order valence-electron chi connectivity index (χ2n) is 4.58. The summed E-state index contributed by atoms with van der Waals surface area (Å²) in [6, 6.07) is 15.5. The number of nitrogens with zero attached hydrogens (tertiary/aromatic N) is 1. The molecule has 0 amide bonds. The molecule has 19 heavy (non-hydrogen) atoms. The first-order chi connectivity index (χ1) is 9.11. The Morgan fingerprint density at radius 1 is 1.00 bits per heavy atom. The molecule has 0 heterocycles. The number of ether oxygens (including phenoxy) is 1. The number of benzene rings is 2. The highest BCUT2D eigenvalue weighted by Gasteiger charge is 2.12. The first-order valence-corrected chi connectivity index (χ1v) is 6.27. The van der Waals surface area contributed by atoms with Crippen molar-refractivity contribution in [2.45, 2.75) is 13.0 Å². The summed E-state index contributed by atoms with van der Waals surface area (Å²) in [6.45, 7) is 2.14. The number of methoxy groups -OCH3 is 1. The number of hydrogen-bond acceptors (Lipinski definition) is 3. The van der Waals surface area contributed by atoms with E-state index in [-0.39, 0.29) is 6.04 Å². The average Bonchev–Trinajstić information content (AvgIpc) is 2.46. The fourth-order valence-corrected chi connectivity index (χ4v) is 2.02. The Balaban J connectivity index is 2.17. The van der Waals surface area contributed by atoms with Gasteiger partial charge in [-0.1, -0.05) is 12.1 Å². The fourth-order valence-electron chi connectivity index (χ4n) is 2.02. The zero-order valence-corrected chi connectivity index (χ0v) is 11.5. The van der Waals surface area contributed by atoms with E-state index in [1.54, 1.807) is 19.2 Å². The topological polar surface area (TPSA) is 32.7 Å². The number of aromatic hydroxyl groups is 1. The van der Waals surface area contributed by atoms with Gasteiger partial charge in [-0.05, 0) is 48.9 Å². The molecule has 1 unspecified atom stereocenters. The maximum Gasteiger partial charge on any atom is 0.119 e. The Morgan fingerprint density at radius 2 is 1.58 bits per heavy atom. The number of phenols is 1. The monoisotopic (exact) mass is 257 g/mol. The minimum absolute atomic E-state index is 0.231. The Kier molecular flexibility index (Phi) is 3.95. The SMILES string of the molecule is COc1ccc(N(C)C(C)c2ccc(O)cc2)cc1. The third kappa shape index (κ3) is 2.99. The van der Waals surface area contributed by atoms with Crippen molar-refractivity contribution in [1.29, 1.82) is 0 Å². The van der Waals surface area contributed by atoms with Crippen LogP contribution in [-0.4, -0.2) is 19.3 Å². The van der Waals surface area contributed by atoms with Crippen LogP contribution in [0.1, 0.15) is 18.5 Å². The molecule has 100 valence electrons. The maximum absolute atomic E-state index is 9.32. The van der Waals surface area contributed by atoms with Crippen LogP contribution in [0.3, 0.4) is 0 Å². The second kappa shape index (κ2) is 5.65. The van der Waals surface area contributed by atoms with E-state index >= 15 is 0 Å². The Hall–Kier alpha value is -2.16. The molecule has 0 aliphatic heterocycles. The highest BCUT2D eigenvalue weighted by molar-refractivity contribution is 5.50. The molecule has 0 saturated carbocycles. The normalized spacial score (nSPS) is 11.9. The fraction of sp³-hybridized carbons (Fsp3) is 0.250. The average molecular weight is 257 g/mol. The number of rotatable bonds is 4. The van der Waals surface area contributed by atoms with Crippen LogP contribution in [0, 0.1) is 0 Å². The zero-order valence-electron chi connectivity index (χ0n) is 11.5. The van der Waals surface area contributed by atoms with E-state index in [1.165, 1.54) is 0 Å². The number of hydrogen-bond donors (Lipinski definition) is 1. The van der Waals surface area contributed by atoms with Gasteiger partial charge in [-0.25, -0.2) is 0 Å². The van der Waals surface area contributed by atoms with Crippen molar-refractivity contribution < 1.29 is 9.84 Å². The van der Waals surface area contributed by atoms with E-state index in [1.807, 2.05) is 36.4 Å². The lowest BCUT2D eigenvalue weighted by molar-refractivity contribution is 0.415. The van der Waals surface area contributed by atoms with E-state index in [0.29, 0.717) is 5.75 Å². The van der Waals surface area contributed by atoms with Gasteiger partial charge >= 0.3 is 0 Å². The summed E-state index contributed by atoms with van der Waals surface area (Å²) >= 11 is 0. The lowest BCUT2D eigenvalue weighted by Crippen LogP contribution is -2.21. The van der Waals surface area contributed by atoms with Gasteiger partial charge in [0, 0.05) is 12.7 Å².